The Labute approximate surface area is 128 Å². The van der Waals surface area contributed by atoms with E-state index in [1.165, 1.54) is 11.4 Å². The van der Waals surface area contributed by atoms with Gasteiger partial charge in [-0.15, -0.1) is 0 Å². The molecule has 0 atom stereocenters. The first-order chi connectivity index (χ1) is 9.46. The number of aromatic nitrogens is 2. The van der Waals surface area contributed by atoms with E-state index in [1.807, 2.05) is 0 Å². The van der Waals surface area contributed by atoms with Gasteiger partial charge in [-0.25, -0.2) is 0 Å². The van der Waals surface area contributed by atoms with Gasteiger partial charge in [0.1, 0.15) is 0 Å². The first-order valence-electron chi connectivity index (χ1n) is 7.52. The average Bonchev–Trinajstić information content (AvgIpc) is 2.77. The molecule has 0 aliphatic carbocycles. The molecule has 1 aromatic rings. The lowest BCUT2D eigenvalue weighted by molar-refractivity contribution is 0.236. The van der Waals surface area contributed by atoms with Gasteiger partial charge in [0, 0.05) is 32.6 Å². The second-order valence-electron chi connectivity index (χ2n) is 5.64. The monoisotopic (exact) mass is 296 g/mol. The van der Waals surface area contributed by atoms with E-state index in [0.717, 1.165) is 39.0 Å². The number of hydrogen-bond donors (Lipinski definition) is 1. The Morgan fingerprint density at radius 1 is 1.45 bits per heavy atom. The molecule has 1 heterocycles. The summed E-state index contributed by atoms with van der Waals surface area (Å²) >= 11 is 5.00. The third kappa shape index (κ3) is 5.59. The molecule has 0 fully saturated rings. The fraction of sp³-hybridized carbons (Fsp3) is 0.733. The zero-order valence-electron chi connectivity index (χ0n) is 13.2. The number of nitrogens with zero attached hydrogens (tertiary/aromatic N) is 3. The average molecular weight is 296 g/mol. The summed E-state index contributed by atoms with van der Waals surface area (Å²) in [7, 11) is 0. The van der Waals surface area contributed by atoms with Crippen LogP contribution in [0, 0.1) is 5.92 Å². The van der Waals surface area contributed by atoms with E-state index >= 15 is 0 Å². The van der Waals surface area contributed by atoms with Gasteiger partial charge < -0.3 is 5.73 Å². The molecule has 0 aliphatic rings. The molecule has 1 aromatic heterocycles. The van der Waals surface area contributed by atoms with Crippen molar-refractivity contribution in [3.63, 3.8) is 0 Å². The van der Waals surface area contributed by atoms with E-state index in [2.05, 4.69) is 48.4 Å². The van der Waals surface area contributed by atoms with Gasteiger partial charge in [0.2, 0.25) is 0 Å². The molecular formula is C15H28N4S. The SMILES string of the molecule is CCc1cc(CN(CCC(N)=S)CC(C)C)n(CC)n1. The van der Waals surface area contributed by atoms with Crippen LogP contribution in [0.3, 0.4) is 0 Å². The highest BCUT2D eigenvalue weighted by molar-refractivity contribution is 7.80. The molecular weight excluding hydrogens is 268 g/mol. The van der Waals surface area contributed by atoms with Gasteiger partial charge in [0.15, 0.2) is 0 Å². The summed E-state index contributed by atoms with van der Waals surface area (Å²) in [4.78, 5) is 3.02. The fourth-order valence-electron chi connectivity index (χ4n) is 2.34. The van der Waals surface area contributed by atoms with Crippen molar-refractivity contribution in [1.82, 2.24) is 14.7 Å². The van der Waals surface area contributed by atoms with Crippen LogP contribution in [0.15, 0.2) is 6.07 Å². The normalized spacial score (nSPS) is 11.5. The maximum absolute atomic E-state index is 5.63. The summed E-state index contributed by atoms with van der Waals surface area (Å²) in [6, 6.07) is 2.22. The topological polar surface area (TPSA) is 47.1 Å². The standard InChI is InChI=1S/C15H28N4S/c1-5-13-9-14(19(6-2)17-13)11-18(10-12(3)4)8-7-15(16)20/h9,12H,5-8,10-11H2,1-4H3,(H2,16,20). The summed E-state index contributed by atoms with van der Waals surface area (Å²) < 4.78 is 2.10. The number of nitrogens with two attached hydrogens (primary N) is 1. The van der Waals surface area contributed by atoms with Crippen molar-refractivity contribution in [1.29, 1.82) is 0 Å². The van der Waals surface area contributed by atoms with Crippen LogP contribution in [-0.2, 0) is 19.5 Å². The molecule has 2 N–H and O–H groups in total. The van der Waals surface area contributed by atoms with E-state index in [-0.39, 0.29) is 0 Å². The molecule has 1 rings (SSSR count). The van der Waals surface area contributed by atoms with E-state index in [0.29, 0.717) is 10.9 Å². The number of rotatable bonds is 9. The minimum absolute atomic E-state index is 0.594. The molecule has 0 aliphatic heterocycles. The van der Waals surface area contributed by atoms with Gasteiger partial charge in [-0.05, 0) is 25.3 Å². The maximum Gasteiger partial charge on any atom is 0.0740 e. The Morgan fingerprint density at radius 2 is 2.15 bits per heavy atom. The zero-order valence-corrected chi connectivity index (χ0v) is 14.0. The Morgan fingerprint density at radius 3 is 2.65 bits per heavy atom. The van der Waals surface area contributed by atoms with Crippen LogP contribution in [0.5, 0.6) is 0 Å². The molecule has 0 bridgehead atoms. The van der Waals surface area contributed by atoms with E-state index in [4.69, 9.17) is 18.0 Å². The molecule has 0 saturated carbocycles. The Hall–Kier alpha value is -0.940. The summed E-state index contributed by atoms with van der Waals surface area (Å²) in [6.45, 7) is 12.6. The fourth-order valence-corrected chi connectivity index (χ4v) is 2.43. The predicted octanol–water partition coefficient (Wildman–Crippen LogP) is 2.60. The zero-order chi connectivity index (χ0) is 15.1. The third-order valence-corrected chi connectivity index (χ3v) is 3.46. The summed E-state index contributed by atoms with van der Waals surface area (Å²) in [5.74, 6) is 0.630. The van der Waals surface area contributed by atoms with Crippen molar-refractivity contribution in [2.24, 2.45) is 11.7 Å². The van der Waals surface area contributed by atoms with Gasteiger partial charge in [0.05, 0.1) is 16.4 Å². The molecule has 20 heavy (non-hydrogen) atoms. The quantitative estimate of drug-likeness (QED) is 0.712. The van der Waals surface area contributed by atoms with Crippen LogP contribution >= 0.6 is 12.2 Å². The van der Waals surface area contributed by atoms with Crippen molar-refractivity contribution in [3.8, 4) is 0 Å². The lowest BCUT2D eigenvalue weighted by Gasteiger charge is -2.24. The van der Waals surface area contributed by atoms with Gasteiger partial charge in [-0.3, -0.25) is 9.58 Å². The molecule has 0 radical (unpaired) electrons. The highest BCUT2D eigenvalue weighted by atomic mass is 32.1. The van der Waals surface area contributed by atoms with Crippen molar-refractivity contribution in [3.05, 3.63) is 17.5 Å². The minimum atomic E-state index is 0.594. The van der Waals surface area contributed by atoms with Crippen LogP contribution < -0.4 is 5.73 Å². The predicted molar refractivity (Wildman–Crippen MR) is 88.8 cm³/mol. The minimum Gasteiger partial charge on any atom is -0.393 e. The third-order valence-electron chi connectivity index (χ3n) is 3.26. The van der Waals surface area contributed by atoms with Crippen LogP contribution in [0.1, 0.15) is 45.5 Å². The van der Waals surface area contributed by atoms with Gasteiger partial charge in [-0.1, -0.05) is 33.0 Å². The number of aryl methyl sites for hydroxylation is 2. The first kappa shape index (κ1) is 17.1. The molecule has 4 nitrogen and oxygen atoms in total. The Kier molecular flexibility index (Phi) is 7.16. The van der Waals surface area contributed by atoms with Crippen LogP contribution in [0.4, 0.5) is 0 Å². The maximum atomic E-state index is 5.63. The van der Waals surface area contributed by atoms with Crippen molar-refractivity contribution >= 4 is 17.2 Å². The summed E-state index contributed by atoms with van der Waals surface area (Å²) in [5, 5.41) is 4.61. The number of hydrogen-bond acceptors (Lipinski definition) is 3. The molecule has 0 saturated heterocycles. The molecule has 0 aromatic carbocycles. The van der Waals surface area contributed by atoms with Gasteiger partial charge in [0.25, 0.3) is 0 Å². The van der Waals surface area contributed by atoms with E-state index in [1.54, 1.807) is 0 Å². The van der Waals surface area contributed by atoms with Gasteiger partial charge >= 0.3 is 0 Å². The molecule has 0 amide bonds. The molecule has 0 unspecified atom stereocenters. The van der Waals surface area contributed by atoms with E-state index < -0.39 is 0 Å². The molecule has 0 spiro atoms. The van der Waals surface area contributed by atoms with Crippen LogP contribution in [-0.4, -0.2) is 32.8 Å². The summed E-state index contributed by atoms with van der Waals surface area (Å²) in [6.07, 6.45) is 1.76. The summed E-state index contributed by atoms with van der Waals surface area (Å²) in [5.41, 5.74) is 8.09. The van der Waals surface area contributed by atoms with Gasteiger partial charge in [-0.2, -0.15) is 5.10 Å². The first-order valence-corrected chi connectivity index (χ1v) is 7.93. The number of thiocarbonyl (C=S) groups is 1. The Balaban J connectivity index is 2.76. The second kappa shape index (κ2) is 8.37. The van der Waals surface area contributed by atoms with Crippen molar-refractivity contribution in [2.75, 3.05) is 13.1 Å². The van der Waals surface area contributed by atoms with Crippen LogP contribution in [0.25, 0.3) is 0 Å². The largest absolute Gasteiger partial charge is 0.393 e. The lowest BCUT2D eigenvalue weighted by atomic mass is 10.2. The van der Waals surface area contributed by atoms with Crippen molar-refractivity contribution < 1.29 is 0 Å². The van der Waals surface area contributed by atoms with Crippen molar-refractivity contribution in [2.45, 2.75) is 53.6 Å². The lowest BCUT2D eigenvalue weighted by Crippen LogP contribution is -2.31. The molecule has 5 heteroatoms. The van der Waals surface area contributed by atoms with E-state index in [9.17, 15) is 0 Å². The second-order valence-corrected chi connectivity index (χ2v) is 6.17. The van der Waals surface area contributed by atoms with Crippen LogP contribution in [0.2, 0.25) is 0 Å². The highest BCUT2D eigenvalue weighted by Crippen LogP contribution is 2.11. The molecule has 114 valence electrons. The smallest absolute Gasteiger partial charge is 0.0740 e. The highest BCUT2D eigenvalue weighted by Gasteiger charge is 2.13. The Bertz CT molecular complexity index is 426.